The first-order valence-corrected chi connectivity index (χ1v) is 34.8. The van der Waals surface area contributed by atoms with Gasteiger partial charge in [0.15, 0.2) is 5.78 Å². The number of allylic oxidation sites excluding steroid dienone is 2. The van der Waals surface area contributed by atoms with Gasteiger partial charge in [-0.05, 0) is 97.3 Å². The van der Waals surface area contributed by atoms with Crippen molar-refractivity contribution in [2.24, 2.45) is 51.8 Å². The number of hydrogen-bond acceptors (Lipinski definition) is 21. The van der Waals surface area contributed by atoms with E-state index in [1.165, 1.54) is 34.6 Å². The van der Waals surface area contributed by atoms with E-state index in [2.05, 4.69) is 63.8 Å². The lowest BCUT2D eigenvalue weighted by Gasteiger charge is -2.35. The van der Waals surface area contributed by atoms with Gasteiger partial charge in [-0.1, -0.05) is 87.3 Å². The van der Waals surface area contributed by atoms with Gasteiger partial charge in [0.2, 0.25) is 94.5 Å². The molecule has 38 nitrogen and oxygen atoms in total. The summed E-state index contributed by atoms with van der Waals surface area (Å²) >= 11 is 0. The van der Waals surface area contributed by atoms with Gasteiger partial charge in [-0.25, -0.2) is 0 Å². The van der Waals surface area contributed by atoms with E-state index in [0.717, 1.165) is 13.8 Å². The Kier molecular flexibility index (Phi) is 38.1. The first-order chi connectivity index (χ1) is 48.5. The van der Waals surface area contributed by atoms with Crippen molar-refractivity contribution in [3.8, 4) is 0 Å². The molecule has 1 rings (SSSR count). The number of rotatable bonds is 35. The van der Waals surface area contributed by atoms with Gasteiger partial charge >= 0.3 is 5.97 Å². The van der Waals surface area contributed by atoms with Crippen LogP contribution in [-0.4, -0.2) is 211 Å². The molecule has 0 saturated carbocycles. The smallest absolute Gasteiger partial charge is 0.305 e. The minimum atomic E-state index is -2.11. The zero-order valence-corrected chi connectivity index (χ0v) is 62.4. The average molecular weight is 1490 g/mol. The Bertz CT molecular complexity index is 3190. The predicted molar refractivity (Wildman–Crippen MR) is 377 cm³/mol. The molecule has 592 valence electrons. The van der Waals surface area contributed by atoms with Crippen molar-refractivity contribution in [3.05, 3.63) is 12.2 Å². The third-order valence-electron chi connectivity index (χ3n) is 17.7. The highest BCUT2D eigenvalue weighted by atomic mass is 16.4. The number of ketones is 1. The molecule has 0 unspecified atom stereocenters. The molecule has 16 amide bonds. The van der Waals surface area contributed by atoms with Gasteiger partial charge in [-0.15, -0.1) is 0 Å². The largest absolute Gasteiger partial charge is 0.481 e. The number of aliphatic hydroxyl groups is 2. The number of primary amides is 4. The van der Waals surface area contributed by atoms with E-state index in [-0.39, 0.29) is 51.4 Å². The van der Waals surface area contributed by atoms with Crippen LogP contribution in [-0.2, 0) is 86.3 Å². The number of aliphatic carboxylic acids is 1. The number of amides is 16. The molecule has 105 heavy (non-hydrogen) atoms. The first kappa shape index (κ1) is 93.3. The lowest BCUT2D eigenvalue weighted by atomic mass is 9.85. The van der Waals surface area contributed by atoms with Crippen LogP contribution < -0.4 is 92.5 Å². The lowest BCUT2D eigenvalue weighted by molar-refractivity contribution is -0.143. The van der Waals surface area contributed by atoms with Gasteiger partial charge in [-0.2, -0.15) is 0 Å². The second-order valence-corrected chi connectivity index (χ2v) is 28.6. The molecule has 0 fully saturated rings. The van der Waals surface area contributed by atoms with Gasteiger partial charge in [-0.3, -0.25) is 86.3 Å². The van der Waals surface area contributed by atoms with Crippen molar-refractivity contribution in [1.29, 1.82) is 0 Å². The van der Waals surface area contributed by atoms with Crippen molar-refractivity contribution >= 4 is 106 Å². The summed E-state index contributed by atoms with van der Waals surface area (Å²) in [5.74, 6) is -21.8. The summed E-state index contributed by atoms with van der Waals surface area (Å²) in [7, 11) is 0. The Morgan fingerprint density at radius 1 is 0.562 bits per heavy atom. The van der Waals surface area contributed by atoms with Crippen LogP contribution in [0.1, 0.15) is 187 Å². The maximum Gasteiger partial charge on any atom is 0.305 e. The molecule has 1 aliphatic heterocycles. The number of nitrogens with two attached hydrogens (primary N) is 5. The van der Waals surface area contributed by atoms with E-state index in [1.54, 1.807) is 60.6 Å². The molecule has 0 spiro atoms. The number of nitrogens with one attached hydrogen (secondary N) is 12. The second-order valence-electron chi connectivity index (χ2n) is 28.6. The predicted octanol–water partition coefficient (Wildman–Crippen LogP) is -5.67. The molecule has 38 heteroatoms. The molecule has 17 atom stereocenters. The fraction of sp³-hybridized carbons (Fsp3) is 0.701. The number of Topliss-reactive ketones (excluding diaryl/α,β-unsaturated/α-hetero) is 1. The van der Waals surface area contributed by atoms with Crippen LogP contribution in [0.5, 0.6) is 0 Å². The Morgan fingerprint density at radius 3 is 1.56 bits per heavy atom. The molecule has 0 aromatic carbocycles. The summed E-state index contributed by atoms with van der Waals surface area (Å²) in [6.07, 6.45) is -3.90. The highest BCUT2D eigenvalue weighted by Crippen LogP contribution is 2.23. The SMILES string of the molecule is CC[C@H](C)[C@H](NC(=O)[C@H](C)NC(=O)[C@H](CC(N)=O)NC(=O)[C@H](CCC(N)=O)NC(=O)[C@@H](N)[C@@H](C)O)C(=O)N[C@@H](CC(=O)O)C(=O)N[C@@]1(C)CCC/C=C\CCC[C@@](C)(C(=O)N[C@H](C(=O)N[C@@H](CC(N)=O)C(=O)C(C)(C)C)C(C)C)NC(=O)[C@H](CC(N)=O)NC(=O)[C@H]([C@@H](C)O)NC(=O)[C@H]([C@@H](C)CC)NC1=O. The quantitative estimate of drug-likeness (QED) is 0.0263. The summed E-state index contributed by atoms with van der Waals surface area (Å²) in [6, 6.07) is -18.5. The fourth-order valence-electron chi connectivity index (χ4n) is 10.6. The molecule has 1 aliphatic rings. The van der Waals surface area contributed by atoms with Gasteiger partial charge in [0.05, 0.1) is 43.9 Å². The molecule has 0 aromatic heterocycles. The van der Waals surface area contributed by atoms with E-state index >= 15 is 0 Å². The minimum absolute atomic E-state index is 0.0566. The third kappa shape index (κ3) is 31.3. The Labute approximate surface area is 610 Å². The summed E-state index contributed by atoms with van der Waals surface area (Å²) in [5.41, 5.74) is 22.2. The van der Waals surface area contributed by atoms with Crippen LogP contribution in [0.3, 0.4) is 0 Å². The number of carbonyl (C=O) groups excluding carboxylic acids is 17. The molecule has 25 N–H and O–H groups in total. The molecule has 1 heterocycles. The summed E-state index contributed by atoms with van der Waals surface area (Å²) < 4.78 is 0. The van der Waals surface area contributed by atoms with Crippen molar-refractivity contribution < 1.29 is 102 Å². The second kappa shape index (κ2) is 42.9. The average Bonchev–Trinajstić information content (AvgIpc) is 0.911. The maximum absolute atomic E-state index is 14.9. The molecule has 0 saturated heterocycles. The van der Waals surface area contributed by atoms with Crippen LogP contribution in [0.4, 0.5) is 0 Å². The monoisotopic (exact) mass is 1490 g/mol. The van der Waals surface area contributed by atoms with Crippen LogP contribution in [0, 0.1) is 23.2 Å². The molecular formula is C67H113N17O21. The van der Waals surface area contributed by atoms with E-state index in [9.17, 15) is 102 Å². The Hall–Kier alpha value is -9.72. The maximum atomic E-state index is 14.9. The van der Waals surface area contributed by atoms with Crippen LogP contribution in [0.25, 0.3) is 0 Å². The highest BCUT2D eigenvalue weighted by Gasteiger charge is 2.45. The fourth-order valence-corrected chi connectivity index (χ4v) is 10.6. The number of carboxylic acid groups (broad SMARTS) is 1. The molecule has 0 aromatic rings. The van der Waals surface area contributed by atoms with Crippen molar-refractivity contribution in [2.45, 2.75) is 277 Å². The zero-order chi connectivity index (χ0) is 80.9. The number of carbonyl (C=O) groups is 18. The molecule has 0 radical (unpaired) electrons. The van der Waals surface area contributed by atoms with E-state index in [0.29, 0.717) is 0 Å². The summed E-state index contributed by atoms with van der Waals surface area (Å²) in [5, 5.41) is 60.1. The number of aliphatic hydroxyl groups excluding tert-OH is 2. The van der Waals surface area contributed by atoms with E-state index in [4.69, 9.17) is 28.7 Å². The van der Waals surface area contributed by atoms with Crippen molar-refractivity contribution in [1.82, 2.24) is 63.8 Å². The Balaban J connectivity index is 3.93. The number of carboxylic acids is 1. The molecule has 0 bridgehead atoms. The first-order valence-electron chi connectivity index (χ1n) is 34.8. The highest BCUT2D eigenvalue weighted by molar-refractivity contribution is 6.03. The van der Waals surface area contributed by atoms with Gasteiger partial charge in [0.1, 0.15) is 71.5 Å². The van der Waals surface area contributed by atoms with Gasteiger partial charge in [0.25, 0.3) is 0 Å². The van der Waals surface area contributed by atoms with Crippen molar-refractivity contribution in [3.63, 3.8) is 0 Å². The third-order valence-corrected chi connectivity index (χ3v) is 17.7. The van der Waals surface area contributed by atoms with Crippen molar-refractivity contribution in [2.75, 3.05) is 0 Å². The van der Waals surface area contributed by atoms with Crippen LogP contribution in [0.2, 0.25) is 0 Å². The topological polar surface area (TPSA) is 642 Å². The van der Waals surface area contributed by atoms with Gasteiger partial charge < -0.3 is 108 Å². The normalized spacial score (nSPS) is 22.4. The molecular weight excluding hydrogens is 1380 g/mol. The molecule has 0 aliphatic carbocycles. The lowest BCUT2D eigenvalue weighted by Crippen LogP contribution is -2.66. The summed E-state index contributed by atoms with van der Waals surface area (Å²) in [4.78, 5) is 244. The summed E-state index contributed by atoms with van der Waals surface area (Å²) in [6.45, 7) is 20.1. The van der Waals surface area contributed by atoms with E-state index in [1.807, 2.05) is 0 Å². The standard InChI is InChI=1S/C67H113N17O21/c1-15-32(5)49(79-53(94)34(7)73-55(96)39(28-44(70)89)76-54(95)37(23-24-42(68)87)74-58(99)47(72)35(8)85)60(101)78-41(30-46(91)92)57(98)84-67(14)26-22-20-18-17-19-21-25-66(13,63(104)81-48(31(3)4)59(100)75-38(27-43(69)88)52(93)65(10,11)12)83-56(97)40(29-45(71)90)77-62(103)51(36(9)86)80-61(102)50(33(6)16-2)82-64(67)105/h17-18,31-41,47-51,85-86H,15-16,19-30,72H2,1-14H3,(H2,68,87)(H2,69,88)(H2,70,89)(H2,71,90)(H,73,96)(H,74,99)(H,75,100)(H,76,95)(H,77,103)(H,78,101)(H,79,94)(H,80,102)(H,81,104)(H,82,105)(H,83,97)(H,84,98)(H,91,92)/b18-17-/t32-,33-,34-,35+,36+,37-,38-,39-,40-,41-,47-,48-,49-,50-,51-,66-,67-/m0/s1. The number of hydrogen-bond donors (Lipinski definition) is 20. The van der Waals surface area contributed by atoms with Crippen LogP contribution in [0.15, 0.2) is 12.2 Å². The van der Waals surface area contributed by atoms with Gasteiger partial charge in [0, 0.05) is 11.8 Å². The Morgan fingerprint density at radius 2 is 1.07 bits per heavy atom. The zero-order valence-electron chi connectivity index (χ0n) is 62.4. The minimum Gasteiger partial charge on any atom is -0.481 e. The van der Waals surface area contributed by atoms with E-state index < -0.39 is 258 Å². The van der Waals surface area contributed by atoms with Crippen LogP contribution >= 0.6 is 0 Å².